The molecule has 3 aliphatic rings. The third-order valence-electron chi connectivity index (χ3n) is 6.35. The normalized spacial score (nSPS) is 22.6. The highest BCUT2D eigenvalue weighted by Gasteiger charge is 2.29. The molecule has 0 saturated carbocycles. The van der Waals surface area contributed by atoms with Crippen molar-refractivity contribution in [3.63, 3.8) is 0 Å². The van der Waals surface area contributed by atoms with Crippen molar-refractivity contribution in [2.45, 2.75) is 18.6 Å². The van der Waals surface area contributed by atoms with Crippen LogP contribution in [0.3, 0.4) is 0 Å². The number of amides is 1. The molecule has 4 N–H and O–H groups in total. The maximum Gasteiger partial charge on any atom is 0.291 e. The monoisotopic (exact) mass is 502 g/mol. The molecule has 0 radical (unpaired) electrons. The lowest BCUT2D eigenvalue weighted by molar-refractivity contribution is -0.117. The number of benzodiazepines with no additional fused rings is 1. The summed E-state index contributed by atoms with van der Waals surface area (Å²) in [6.45, 7) is 2.45. The first kappa shape index (κ1) is 24.5. The number of fused-ring (bicyclic) bond motifs is 1. The molecular weight excluding hydrogens is 475 g/mol. The highest BCUT2D eigenvalue weighted by Crippen LogP contribution is 2.26. The fourth-order valence-electron chi connectivity index (χ4n) is 4.50. The number of hydrogen-bond acceptors (Lipinski definition) is 7. The number of nitrogens with zero attached hydrogens (tertiary/aromatic N) is 3. The van der Waals surface area contributed by atoms with Crippen LogP contribution in [0.1, 0.15) is 17.5 Å². The second-order valence-corrected chi connectivity index (χ2v) is 8.74. The van der Waals surface area contributed by atoms with Gasteiger partial charge >= 0.3 is 0 Å². The zero-order valence-corrected chi connectivity index (χ0v) is 20.1. The largest absolute Gasteiger partial charge is 0.407 e. The molecule has 2 aromatic rings. The van der Waals surface area contributed by atoms with E-state index in [1.807, 2.05) is 53.4 Å². The molecule has 190 valence electrons. The topological polar surface area (TPSA) is 125 Å². The molecule has 0 bridgehead atoms. The lowest BCUT2D eigenvalue weighted by atomic mass is 10.00. The molecule has 1 amide bonds. The number of carbonyl (C=O) groups excluding carboxylic acids is 1. The fourth-order valence-corrected chi connectivity index (χ4v) is 4.50. The number of hydrogen-bond donors (Lipinski definition) is 3. The number of anilines is 1. The Morgan fingerprint density at radius 1 is 1.16 bits per heavy atom. The van der Waals surface area contributed by atoms with Gasteiger partial charge in [0, 0.05) is 29.8 Å². The van der Waals surface area contributed by atoms with Gasteiger partial charge in [0.15, 0.2) is 0 Å². The Morgan fingerprint density at radius 3 is 2.65 bits per heavy atom. The summed E-state index contributed by atoms with van der Waals surface area (Å²) in [6.07, 6.45) is 2.17. The molecule has 1 saturated heterocycles. The molecule has 1 fully saturated rings. The van der Waals surface area contributed by atoms with E-state index in [1.165, 1.54) is 6.08 Å². The predicted molar refractivity (Wildman–Crippen MR) is 139 cm³/mol. The molecule has 9 nitrogen and oxygen atoms in total. The maximum absolute atomic E-state index is 14.8. The minimum atomic E-state index is -1.24. The summed E-state index contributed by atoms with van der Waals surface area (Å²) >= 11 is 0. The van der Waals surface area contributed by atoms with Crippen molar-refractivity contribution < 1.29 is 18.7 Å². The average Bonchev–Trinajstić information content (AvgIpc) is 3.05. The number of nitrogens with two attached hydrogens (primary N) is 1. The van der Waals surface area contributed by atoms with Crippen LogP contribution >= 0.6 is 0 Å². The van der Waals surface area contributed by atoms with Crippen molar-refractivity contribution in [3.05, 3.63) is 89.3 Å². The summed E-state index contributed by atoms with van der Waals surface area (Å²) in [7, 11) is 0. The SMILES string of the molecule is N=C(OC(N)=NC1N=C(c2ccccc2)c2ccccc2NC1=O)C1=CCC(N2CCOCC2)C(F)=C1. The van der Waals surface area contributed by atoms with Crippen molar-refractivity contribution in [2.75, 3.05) is 31.6 Å². The van der Waals surface area contributed by atoms with Gasteiger partial charge in [0.25, 0.3) is 11.9 Å². The summed E-state index contributed by atoms with van der Waals surface area (Å²) in [5.74, 6) is -1.20. The van der Waals surface area contributed by atoms with E-state index in [1.54, 1.807) is 12.1 Å². The second kappa shape index (κ2) is 10.9. The molecule has 2 unspecified atom stereocenters. The molecule has 2 heterocycles. The third kappa shape index (κ3) is 5.50. The van der Waals surface area contributed by atoms with Crippen molar-refractivity contribution in [2.24, 2.45) is 15.7 Å². The van der Waals surface area contributed by atoms with Gasteiger partial charge in [-0.3, -0.25) is 15.1 Å². The second-order valence-electron chi connectivity index (χ2n) is 8.74. The number of nitrogens with one attached hydrogen (secondary N) is 2. The van der Waals surface area contributed by atoms with Crippen molar-refractivity contribution in [1.82, 2.24) is 4.90 Å². The van der Waals surface area contributed by atoms with Crippen LogP contribution in [-0.4, -0.2) is 66.9 Å². The highest BCUT2D eigenvalue weighted by molar-refractivity contribution is 6.19. The molecule has 2 aromatic carbocycles. The number of carbonyl (C=O) groups is 1. The van der Waals surface area contributed by atoms with Gasteiger partial charge in [-0.25, -0.2) is 9.38 Å². The Bertz CT molecular complexity index is 1310. The number of para-hydroxylation sites is 1. The van der Waals surface area contributed by atoms with E-state index in [0.29, 0.717) is 44.1 Å². The van der Waals surface area contributed by atoms with Gasteiger partial charge in [0.2, 0.25) is 12.1 Å². The van der Waals surface area contributed by atoms with Gasteiger partial charge in [0.05, 0.1) is 30.7 Å². The Balaban J connectivity index is 1.34. The Labute approximate surface area is 213 Å². The first-order chi connectivity index (χ1) is 18.0. The maximum atomic E-state index is 14.8. The first-order valence-electron chi connectivity index (χ1n) is 12.0. The number of rotatable bonds is 4. The Kier molecular flexibility index (Phi) is 7.20. The van der Waals surface area contributed by atoms with E-state index < -0.39 is 18.1 Å². The molecule has 1 aliphatic carbocycles. The smallest absolute Gasteiger partial charge is 0.291 e. The number of aliphatic imine (C=N–C) groups is 2. The van der Waals surface area contributed by atoms with Crippen LogP contribution in [0.5, 0.6) is 0 Å². The van der Waals surface area contributed by atoms with Crippen LogP contribution in [0.2, 0.25) is 0 Å². The van der Waals surface area contributed by atoms with Gasteiger partial charge in [0.1, 0.15) is 5.83 Å². The van der Waals surface area contributed by atoms with Crippen LogP contribution in [0.25, 0.3) is 0 Å². The first-order valence-corrected chi connectivity index (χ1v) is 12.0. The molecule has 0 spiro atoms. The molecule has 0 aromatic heterocycles. The Hall–Kier alpha value is -4.15. The number of benzene rings is 2. The average molecular weight is 503 g/mol. The van der Waals surface area contributed by atoms with Crippen molar-refractivity contribution >= 4 is 29.2 Å². The highest BCUT2D eigenvalue weighted by atomic mass is 19.1. The quantitative estimate of drug-likeness (QED) is 0.438. The van der Waals surface area contributed by atoms with E-state index in [4.69, 9.17) is 20.6 Å². The van der Waals surface area contributed by atoms with Gasteiger partial charge in [-0.15, -0.1) is 0 Å². The summed E-state index contributed by atoms with van der Waals surface area (Å²) in [5, 5.41) is 11.1. The van der Waals surface area contributed by atoms with Crippen LogP contribution in [-0.2, 0) is 14.3 Å². The summed E-state index contributed by atoms with van der Waals surface area (Å²) in [4.78, 5) is 23.7. The summed E-state index contributed by atoms with van der Waals surface area (Å²) < 4.78 is 25.6. The van der Waals surface area contributed by atoms with Crippen molar-refractivity contribution in [3.8, 4) is 0 Å². The predicted octanol–water partition coefficient (Wildman–Crippen LogP) is 3.00. The van der Waals surface area contributed by atoms with Gasteiger partial charge < -0.3 is 20.5 Å². The number of halogens is 1. The molecule has 37 heavy (non-hydrogen) atoms. The lowest BCUT2D eigenvalue weighted by Crippen LogP contribution is -2.44. The number of amidine groups is 1. The molecule has 5 rings (SSSR count). The van der Waals surface area contributed by atoms with Crippen molar-refractivity contribution in [1.29, 1.82) is 5.41 Å². The summed E-state index contributed by atoms with van der Waals surface area (Å²) in [6, 6.07) is 16.0. The molecule has 2 atom stereocenters. The Morgan fingerprint density at radius 2 is 1.89 bits per heavy atom. The van der Waals surface area contributed by atoms with Crippen LogP contribution < -0.4 is 11.1 Å². The zero-order valence-electron chi connectivity index (χ0n) is 20.1. The van der Waals surface area contributed by atoms with E-state index in [9.17, 15) is 9.18 Å². The van der Waals surface area contributed by atoms with Crippen LogP contribution in [0, 0.1) is 5.41 Å². The minimum absolute atomic E-state index is 0.256. The van der Waals surface area contributed by atoms with Gasteiger partial charge in [-0.05, 0) is 18.6 Å². The number of ether oxygens (including phenoxy) is 2. The minimum Gasteiger partial charge on any atom is -0.407 e. The molecular formula is C27H27FN6O3. The molecule has 2 aliphatic heterocycles. The van der Waals surface area contributed by atoms with Gasteiger partial charge in [-0.1, -0.05) is 54.6 Å². The van der Waals surface area contributed by atoms with Crippen LogP contribution in [0.15, 0.2) is 88.1 Å². The molecule has 10 heteroatoms. The van der Waals surface area contributed by atoms with E-state index in [-0.39, 0.29) is 23.3 Å². The van der Waals surface area contributed by atoms with E-state index in [0.717, 1.165) is 11.1 Å². The standard InChI is InChI=1S/C27H27FN6O3/c28-20-16-18(10-11-22(20)34-12-14-36-15-13-34)24(29)37-27(30)33-25-26(35)31-21-9-5-4-8-19(21)23(32-25)17-6-2-1-3-7-17/h1-10,16,22,25,29H,11-15H2,(H2,30,33)(H,31,35). The number of morpholine rings is 1. The van der Waals surface area contributed by atoms with Gasteiger partial charge in [-0.2, -0.15) is 4.99 Å². The lowest BCUT2D eigenvalue weighted by Gasteiger charge is -2.34. The zero-order chi connectivity index (χ0) is 25.8. The third-order valence-corrected chi connectivity index (χ3v) is 6.35. The van der Waals surface area contributed by atoms with E-state index in [2.05, 4.69) is 15.3 Å². The van der Waals surface area contributed by atoms with E-state index >= 15 is 0 Å². The fraction of sp³-hybridized carbons (Fsp3) is 0.259. The van der Waals surface area contributed by atoms with Crippen LogP contribution in [0.4, 0.5) is 10.1 Å². The summed E-state index contributed by atoms with van der Waals surface area (Å²) in [5.41, 5.74) is 8.95.